The molecule has 1 aromatic carbocycles. The van der Waals surface area contributed by atoms with Crippen LogP contribution < -0.4 is 4.90 Å². The zero-order chi connectivity index (χ0) is 23.8. The summed E-state index contributed by atoms with van der Waals surface area (Å²) >= 11 is 0. The van der Waals surface area contributed by atoms with E-state index in [1.165, 1.54) is 11.1 Å². The second-order valence-corrected chi connectivity index (χ2v) is 10.6. The number of nitrogens with zero attached hydrogens (tertiary/aromatic N) is 4. The van der Waals surface area contributed by atoms with Gasteiger partial charge in [-0.1, -0.05) is 50.6 Å². The Morgan fingerprint density at radius 3 is 2.67 bits per heavy atom. The molecule has 1 unspecified atom stereocenters. The summed E-state index contributed by atoms with van der Waals surface area (Å²) in [6.07, 6.45) is 3.90. The van der Waals surface area contributed by atoms with E-state index in [1.54, 1.807) is 0 Å². The van der Waals surface area contributed by atoms with Crippen LogP contribution in [-0.4, -0.2) is 46.3 Å². The van der Waals surface area contributed by atoms with Crippen molar-refractivity contribution in [1.82, 2.24) is 14.9 Å². The molecule has 2 aliphatic rings. The molecular weight excluding hydrogens is 412 g/mol. The highest BCUT2D eigenvalue weighted by Gasteiger charge is 2.34. The molecule has 1 aromatic heterocycles. The zero-order valence-corrected chi connectivity index (χ0v) is 20.6. The first kappa shape index (κ1) is 23.4. The van der Waals surface area contributed by atoms with E-state index in [9.17, 15) is 9.59 Å². The minimum Gasteiger partial charge on any atom is -0.342 e. The first-order chi connectivity index (χ1) is 15.6. The van der Waals surface area contributed by atoms with Gasteiger partial charge in [-0.2, -0.15) is 0 Å². The Hall–Kier alpha value is -2.76. The quantitative estimate of drug-likeness (QED) is 0.697. The van der Waals surface area contributed by atoms with Gasteiger partial charge in [-0.15, -0.1) is 0 Å². The number of hydrogen-bond donors (Lipinski definition) is 0. The molecule has 0 bridgehead atoms. The number of benzene rings is 1. The van der Waals surface area contributed by atoms with Crippen molar-refractivity contribution in [2.24, 2.45) is 5.41 Å². The maximum atomic E-state index is 12.9. The SMILES string of the molecule is Cc1cccc(CCN2C(=O)CCc3c(C)nc(C4CCCN(C(=O)C(C)(C)C)C4)nc32)c1. The van der Waals surface area contributed by atoms with Crippen molar-refractivity contribution in [3.05, 3.63) is 52.5 Å². The van der Waals surface area contributed by atoms with Crippen LogP contribution in [0.3, 0.4) is 0 Å². The lowest BCUT2D eigenvalue weighted by Crippen LogP contribution is -2.45. The fraction of sp³-hybridized carbons (Fsp3) is 0.556. The number of anilines is 1. The molecule has 2 aromatic rings. The second-order valence-electron chi connectivity index (χ2n) is 10.6. The highest BCUT2D eigenvalue weighted by Crippen LogP contribution is 2.33. The number of carbonyl (C=O) groups excluding carboxylic acids is 2. The lowest BCUT2D eigenvalue weighted by molar-refractivity contribution is -0.140. The average Bonchev–Trinajstić information content (AvgIpc) is 2.77. The van der Waals surface area contributed by atoms with Crippen LogP contribution in [0.1, 0.15) is 74.2 Å². The molecule has 3 heterocycles. The first-order valence-corrected chi connectivity index (χ1v) is 12.2. The molecule has 33 heavy (non-hydrogen) atoms. The summed E-state index contributed by atoms with van der Waals surface area (Å²) in [7, 11) is 0. The van der Waals surface area contributed by atoms with Crippen molar-refractivity contribution in [2.75, 3.05) is 24.5 Å². The molecule has 4 rings (SSSR count). The molecule has 1 saturated heterocycles. The summed E-state index contributed by atoms with van der Waals surface area (Å²) < 4.78 is 0. The van der Waals surface area contributed by atoms with Gasteiger partial charge in [0.1, 0.15) is 11.6 Å². The zero-order valence-electron chi connectivity index (χ0n) is 20.6. The molecule has 0 N–H and O–H groups in total. The average molecular weight is 449 g/mol. The number of piperidine rings is 1. The van der Waals surface area contributed by atoms with Crippen LogP contribution in [0.2, 0.25) is 0 Å². The number of carbonyl (C=O) groups is 2. The van der Waals surface area contributed by atoms with Crippen LogP contribution >= 0.6 is 0 Å². The van der Waals surface area contributed by atoms with Gasteiger partial charge in [-0.25, -0.2) is 9.97 Å². The van der Waals surface area contributed by atoms with Gasteiger partial charge in [0, 0.05) is 48.6 Å². The number of hydrogen-bond acceptors (Lipinski definition) is 4. The van der Waals surface area contributed by atoms with E-state index < -0.39 is 5.41 Å². The minimum absolute atomic E-state index is 0.102. The topological polar surface area (TPSA) is 66.4 Å². The molecule has 6 heteroatoms. The second kappa shape index (κ2) is 9.24. The molecule has 0 radical (unpaired) electrons. The Morgan fingerprint density at radius 2 is 1.94 bits per heavy atom. The van der Waals surface area contributed by atoms with E-state index in [2.05, 4.69) is 31.2 Å². The van der Waals surface area contributed by atoms with E-state index in [1.807, 2.05) is 37.5 Å². The van der Waals surface area contributed by atoms with Crippen molar-refractivity contribution in [3.63, 3.8) is 0 Å². The third-order valence-electron chi connectivity index (χ3n) is 6.78. The van der Waals surface area contributed by atoms with Crippen molar-refractivity contribution < 1.29 is 9.59 Å². The van der Waals surface area contributed by atoms with Gasteiger partial charge < -0.3 is 4.90 Å². The molecular formula is C27H36N4O2. The van der Waals surface area contributed by atoms with Crippen molar-refractivity contribution in [2.45, 2.75) is 72.6 Å². The third kappa shape index (κ3) is 5.10. The van der Waals surface area contributed by atoms with Gasteiger partial charge in [0.25, 0.3) is 0 Å². The minimum atomic E-state index is -0.395. The number of likely N-dealkylation sites (tertiary alicyclic amines) is 1. The normalized spacial score (nSPS) is 18.9. The van der Waals surface area contributed by atoms with E-state index in [4.69, 9.17) is 9.97 Å². The van der Waals surface area contributed by atoms with Crippen molar-refractivity contribution in [3.8, 4) is 0 Å². The van der Waals surface area contributed by atoms with Gasteiger partial charge in [-0.3, -0.25) is 14.5 Å². The van der Waals surface area contributed by atoms with Crippen LogP contribution in [-0.2, 0) is 22.4 Å². The number of fused-ring (bicyclic) bond motifs is 1. The summed E-state index contributed by atoms with van der Waals surface area (Å²) in [6.45, 7) is 12.1. The van der Waals surface area contributed by atoms with Gasteiger partial charge in [-0.05, 0) is 45.1 Å². The highest BCUT2D eigenvalue weighted by molar-refractivity contribution is 5.95. The lowest BCUT2D eigenvalue weighted by Gasteiger charge is -2.36. The first-order valence-electron chi connectivity index (χ1n) is 12.2. The summed E-state index contributed by atoms with van der Waals surface area (Å²) in [5.41, 5.74) is 4.10. The largest absolute Gasteiger partial charge is 0.342 e. The maximum Gasteiger partial charge on any atom is 0.228 e. The molecule has 1 fully saturated rings. The molecule has 0 aliphatic carbocycles. The van der Waals surface area contributed by atoms with E-state index >= 15 is 0 Å². The number of aromatic nitrogens is 2. The van der Waals surface area contributed by atoms with E-state index in [0.717, 1.165) is 48.7 Å². The summed E-state index contributed by atoms with van der Waals surface area (Å²) in [5, 5.41) is 0. The smallest absolute Gasteiger partial charge is 0.228 e. The monoisotopic (exact) mass is 448 g/mol. The van der Waals surface area contributed by atoms with Gasteiger partial charge in [0.05, 0.1) is 0 Å². The Labute approximate surface area is 197 Å². The summed E-state index contributed by atoms with van der Waals surface area (Å²) in [6, 6.07) is 8.44. The molecule has 0 spiro atoms. The van der Waals surface area contributed by atoms with Crippen LogP contribution in [0.4, 0.5) is 5.82 Å². The molecule has 176 valence electrons. The molecule has 2 aliphatic heterocycles. The molecule has 1 atom stereocenters. The lowest BCUT2D eigenvalue weighted by atomic mass is 9.90. The molecule has 0 saturated carbocycles. The Bertz CT molecular complexity index is 1060. The molecule has 2 amide bonds. The highest BCUT2D eigenvalue weighted by atomic mass is 16.2. The van der Waals surface area contributed by atoms with Crippen molar-refractivity contribution >= 4 is 17.6 Å². The van der Waals surface area contributed by atoms with Crippen molar-refractivity contribution in [1.29, 1.82) is 0 Å². The van der Waals surface area contributed by atoms with Crippen LogP contribution in [0.25, 0.3) is 0 Å². The van der Waals surface area contributed by atoms with E-state index in [0.29, 0.717) is 25.9 Å². The van der Waals surface area contributed by atoms with Crippen LogP contribution in [0.15, 0.2) is 24.3 Å². The maximum absolute atomic E-state index is 12.9. The van der Waals surface area contributed by atoms with Gasteiger partial charge in [0.2, 0.25) is 11.8 Å². The van der Waals surface area contributed by atoms with Crippen LogP contribution in [0.5, 0.6) is 0 Å². The Kier molecular flexibility index (Phi) is 6.55. The Morgan fingerprint density at radius 1 is 1.15 bits per heavy atom. The standard InChI is InChI=1S/C27H36N4O2/c1-18-8-6-9-20(16-18)13-15-31-23(32)12-11-22-19(2)28-24(29-25(22)31)21-10-7-14-30(17-21)26(33)27(3,4)5/h6,8-9,16,21H,7,10-15,17H2,1-5H3. The number of amides is 2. The fourth-order valence-corrected chi connectivity index (χ4v) is 4.97. The Balaban J connectivity index is 1.59. The summed E-state index contributed by atoms with van der Waals surface area (Å²) in [5.74, 6) is 1.96. The number of rotatable bonds is 4. The fourth-order valence-electron chi connectivity index (χ4n) is 4.97. The predicted molar refractivity (Wildman–Crippen MR) is 130 cm³/mol. The predicted octanol–water partition coefficient (Wildman–Crippen LogP) is 4.37. The van der Waals surface area contributed by atoms with Gasteiger partial charge >= 0.3 is 0 Å². The third-order valence-corrected chi connectivity index (χ3v) is 6.78. The summed E-state index contributed by atoms with van der Waals surface area (Å²) in [4.78, 5) is 39.4. The van der Waals surface area contributed by atoms with E-state index in [-0.39, 0.29) is 17.7 Å². The molecule has 6 nitrogen and oxygen atoms in total. The van der Waals surface area contributed by atoms with Crippen LogP contribution in [0, 0.1) is 19.3 Å². The van der Waals surface area contributed by atoms with Gasteiger partial charge in [0.15, 0.2) is 0 Å². The number of aryl methyl sites for hydroxylation is 2.